The summed E-state index contributed by atoms with van der Waals surface area (Å²) in [5, 5.41) is 18.3. The molecular formula is C32H29N5O2. The first kappa shape index (κ1) is 24.6. The van der Waals surface area contributed by atoms with E-state index in [1.165, 1.54) is 0 Å². The summed E-state index contributed by atoms with van der Waals surface area (Å²) in [6.45, 7) is 5.61. The summed E-state index contributed by atoms with van der Waals surface area (Å²) in [4.78, 5) is 17.7. The standard InChI is InChI=1S/C32H29N5O2/c1-31(2,3)39-30(38)35-32(17-8-18-32)24-15-13-22(14-16-24)27-26(21-9-5-4-6-10-21)20-37-29(34-27)25-12-7-11-23(19-33)28(25)36-37/h4-7,9-16,20H,8,17-18H2,1-3H3,(H,35,38). The highest BCUT2D eigenvalue weighted by atomic mass is 16.6. The molecule has 39 heavy (non-hydrogen) atoms. The van der Waals surface area contributed by atoms with Crippen LogP contribution in [-0.2, 0) is 10.3 Å². The van der Waals surface area contributed by atoms with Crippen LogP contribution in [0, 0.1) is 11.3 Å². The van der Waals surface area contributed by atoms with Gasteiger partial charge in [0, 0.05) is 22.7 Å². The van der Waals surface area contributed by atoms with E-state index in [1.54, 1.807) is 10.6 Å². The molecular weight excluding hydrogens is 486 g/mol. The minimum atomic E-state index is -0.553. The van der Waals surface area contributed by atoms with Gasteiger partial charge in [-0.3, -0.25) is 0 Å². The number of carbonyl (C=O) groups is 1. The Morgan fingerprint density at radius 1 is 1.00 bits per heavy atom. The van der Waals surface area contributed by atoms with Crippen molar-refractivity contribution in [3.8, 4) is 28.5 Å². The average Bonchev–Trinajstić information content (AvgIpc) is 3.27. The fraction of sp³-hybridized carbons (Fsp3) is 0.250. The number of nitrogens with one attached hydrogen (secondary N) is 1. The fourth-order valence-corrected chi connectivity index (χ4v) is 5.26. The summed E-state index contributed by atoms with van der Waals surface area (Å²) < 4.78 is 7.31. The average molecular weight is 516 g/mol. The van der Waals surface area contributed by atoms with Gasteiger partial charge in [-0.15, -0.1) is 0 Å². The quantitative estimate of drug-likeness (QED) is 0.278. The monoisotopic (exact) mass is 515 g/mol. The minimum Gasteiger partial charge on any atom is -0.444 e. The van der Waals surface area contributed by atoms with E-state index in [4.69, 9.17) is 14.8 Å². The van der Waals surface area contributed by atoms with Crippen LogP contribution in [0.1, 0.15) is 51.2 Å². The van der Waals surface area contributed by atoms with Crippen LogP contribution in [-0.4, -0.2) is 26.3 Å². The number of carbonyl (C=O) groups excluding carboxylic acids is 1. The van der Waals surface area contributed by atoms with Crippen LogP contribution in [0.25, 0.3) is 38.9 Å². The Morgan fingerprint density at radius 2 is 1.74 bits per heavy atom. The summed E-state index contributed by atoms with van der Waals surface area (Å²) >= 11 is 0. The predicted octanol–water partition coefficient (Wildman–Crippen LogP) is 6.99. The third-order valence-corrected chi connectivity index (χ3v) is 7.29. The van der Waals surface area contributed by atoms with Gasteiger partial charge >= 0.3 is 6.09 Å². The van der Waals surface area contributed by atoms with Crippen molar-refractivity contribution in [2.75, 3.05) is 0 Å². The second-order valence-electron chi connectivity index (χ2n) is 11.1. The predicted molar refractivity (Wildman–Crippen MR) is 151 cm³/mol. The highest BCUT2D eigenvalue weighted by molar-refractivity contribution is 5.97. The molecule has 0 saturated heterocycles. The maximum Gasteiger partial charge on any atom is 0.408 e. The second kappa shape index (κ2) is 9.25. The summed E-state index contributed by atoms with van der Waals surface area (Å²) in [7, 11) is 0. The number of hydrogen-bond donors (Lipinski definition) is 1. The zero-order valence-electron chi connectivity index (χ0n) is 22.2. The molecule has 1 N–H and O–H groups in total. The Labute approximate surface area is 227 Å². The van der Waals surface area contributed by atoms with Crippen molar-refractivity contribution in [3.63, 3.8) is 0 Å². The molecule has 1 aliphatic carbocycles. The number of nitrogens with zero attached hydrogens (tertiary/aromatic N) is 4. The number of fused-ring (bicyclic) bond motifs is 3. The van der Waals surface area contributed by atoms with Crippen molar-refractivity contribution >= 4 is 22.6 Å². The Hall–Kier alpha value is -4.70. The second-order valence-corrected chi connectivity index (χ2v) is 11.1. The lowest BCUT2D eigenvalue weighted by Crippen LogP contribution is -2.52. The van der Waals surface area contributed by atoms with Crippen LogP contribution >= 0.6 is 0 Å². The van der Waals surface area contributed by atoms with Gasteiger partial charge in [-0.1, -0.05) is 60.7 Å². The summed E-state index contributed by atoms with van der Waals surface area (Å²) in [5.41, 5.74) is 5.68. The molecule has 3 aromatic carbocycles. The summed E-state index contributed by atoms with van der Waals surface area (Å²) in [6.07, 6.45) is 4.38. The molecule has 6 rings (SSSR count). The highest BCUT2D eigenvalue weighted by Crippen LogP contribution is 2.42. The van der Waals surface area contributed by atoms with Gasteiger partial charge in [0.15, 0.2) is 5.65 Å². The number of benzene rings is 3. The largest absolute Gasteiger partial charge is 0.444 e. The van der Waals surface area contributed by atoms with Crippen molar-refractivity contribution in [2.24, 2.45) is 0 Å². The lowest BCUT2D eigenvalue weighted by atomic mass is 9.71. The molecule has 0 bridgehead atoms. The molecule has 0 aliphatic heterocycles. The topological polar surface area (TPSA) is 92.3 Å². The van der Waals surface area contributed by atoms with E-state index in [-0.39, 0.29) is 0 Å². The van der Waals surface area contributed by atoms with Crippen LogP contribution in [0.4, 0.5) is 4.79 Å². The molecule has 2 aromatic heterocycles. The smallest absolute Gasteiger partial charge is 0.408 e. The van der Waals surface area contributed by atoms with Crippen LogP contribution in [0.3, 0.4) is 0 Å². The first-order valence-corrected chi connectivity index (χ1v) is 13.2. The van der Waals surface area contributed by atoms with E-state index in [0.717, 1.165) is 52.6 Å². The van der Waals surface area contributed by atoms with Gasteiger partial charge in [-0.2, -0.15) is 10.4 Å². The third kappa shape index (κ3) is 4.48. The van der Waals surface area contributed by atoms with Crippen LogP contribution in [0.2, 0.25) is 0 Å². The summed E-state index contributed by atoms with van der Waals surface area (Å²) in [5.74, 6) is 0. The number of rotatable bonds is 4. The molecule has 0 radical (unpaired) electrons. The molecule has 1 fully saturated rings. The molecule has 1 aliphatic rings. The first-order valence-electron chi connectivity index (χ1n) is 13.2. The van der Waals surface area contributed by atoms with Crippen LogP contribution in [0.15, 0.2) is 79.0 Å². The molecule has 0 atom stereocenters. The Balaban J connectivity index is 1.44. The van der Waals surface area contributed by atoms with Crippen molar-refractivity contribution in [2.45, 2.75) is 51.2 Å². The van der Waals surface area contributed by atoms with Gasteiger partial charge in [0.1, 0.15) is 17.2 Å². The molecule has 7 nitrogen and oxygen atoms in total. The Morgan fingerprint density at radius 3 is 2.38 bits per heavy atom. The molecule has 1 amide bonds. The number of hydrogen-bond acceptors (Lipinski definition) is 5. The molecule has 5 aromatic rings. The molecule has 194 valence electrons. The zero-order chi connectivity index (χ0) is 27.2. The normalized spacial score (nSPS) is 14.5. The number of amides is 1. The third-order valence-electron chi connectivity index (χ3n) is 7.29. The molecule has 7 heteroatoms. The van der Waals surface area contributed by atoms with E-state index in [9.17, 15) is 10.1 Å². The van der Waals surface area contributed by atoms with E-state index in [0.29, 0.717) is 16.7 Å². The van der Waals surface area contributed by atoms with E-state index in [1.807, 2.05) is 57.3 Å². The van der Waals surface area contributed by atoms with Crippen LogP contribution < -0.4 is 5.32 Å². The molecule has 0 spiro atoms. The lowest BCUT2D eigenvalue weighted by Gasteiger charge is -2.43. The first-order chi connectivity index (χ1) is 18.8. The van der Waals surface area contributed by atoms with Gasteiger partial charge in [-0.05, 0) is 63.3 Å². The SMILES string of the molecule is CC(C)(C)OC(=O)NC1(c2ccc(-c3nc4c5cccc(C#N)c5nn4cc3-c3ccccc3)cc2)CCC1. The number of nitriles is 1. The van der Waals surface area contributed by atoms with Gasteiger partial charge in [0.2, 0.25) is 0 Å². The van der Waals surface area contributed by atoms with E-state index >= 15 is 0 Å². The molecule has 2 heterocycles. The Bertz CT molecular complexity index is 1740. The van der Waals surface area contributed by atoms with Gasteiger partial charge < -0.3 is 10.1 Å². The number of ether oxygens (including phenoxy) is 1. The maximum atomic E-state index is 12.6. The van der Waals surface area contributed by atoms with Crippen molar-refractivity contribution in [1.82, 2.24) is 19.9 Å². The highest BCUT2D eigenvalue weighted by Gasteiger charge is 2.41. The summed E-state index contributed by atoms with van der Waals surface area (Å²) in [6, 6.07) is 26.2. The molecule has 1 saturated carbocycles. The van der Waals surface area contributed by atoms with Crippen molar-refractivity contribution in [3.05, 3.63) is 90.1 Å². The van der Waals surface area contributed by atoms with Gasteiger partial charge in [0.05, 0.1) is 16.8 Å². The number of alkyl carbamates (subject to hydrolysis) is 1. The Kier molecular flexibility index (Phi) is 5.84. The lowest BCUT2D eigenvalue weighted by molar-refractivity contribution is 0.0377. The maximum absolute atomic E-state index is 12.6. The zero-order valence-corrected chi connectivity index (χ0v) is 22.2. The van der Waals surface area contributed by atoms with Gasteiger partial charge in [-0.25, -0.2) is 14.3 Å². The molecule has 0 unspecified atom stereocenters. The van der Waals surface area contributed by atoms with E-state index < -0.39 is 17.2 Å². The van der Waals surface area contributed by atoms with Crippen LogP contribution in [0.5, 0.6) is 0 Å². The van der Waals surface area contributed by atoms with Gasteiger partial charge in [0.25, 0.3) is 0 Å². The van der Waals surface area contributed by atoms with Crippen molar-refractivity contribution in [1.29, 1.82) is 5.26 Å². The fourth-order valence-electron chi connectivity index (χ4n) is 5.26. The van der Waals surface area contributed by atoms with Crippen molar-refractivity contribution < 1.29 is 9.53 Å². The van der Waals surface area contributed by atoms with E-state index in [2.05, 4.69) is 47.8 Å². The minimum absolute atomic E-state index is 0.394. The number of aromatic nitrogens is 3.